The minimum Gasteiger partial charge on any atom is -0.228 e. The van der Waals surface area contributed by atoms with Crippen molar-refractivity contribution in [3.63, 3.8) is 0 Å². The molecule has 2 heteroatoms. The van der Waals surface area contributed by atoms with Gasteiger partial charge >= 0.3 is 0 Å². The van der Waals surface area contributed by atoms with Crippen LogP contribution in [0.4, 0.5) is 0 Å². The SMILES string of the molecule is c1ccc(-c2ccc(-c3cc(-c4ccc(-c5cccc(-c6ccc7c(c6)C(c6ccccc6)(c6ccccc6)c6ccccc6-7)c5)cc4)nc(-c4ccccc4)n3)cc2)cc1. The average molecular weight is 777 g/mol. The summed E-state index contributed by atoms with van der Waals surface area (Å²) in [5.74, 6) is 0.706. The zero-order valence-electron chi connectivity index (χ0n) is 33.5. The Morgan fingerprint density at radius 2 is 0.639 bits per heavy atom. The highest BCUT2D eigenvalue weighted by atomic mass is 14.9. The molecule has 1 aliphatic rings. The highest BCUT2D eigenvalue weighted by Gasteiger charge is 2.46. The van der Waals surface area contributed by atoms with Gasteiger partial charge in [-0.15, -0.1) is 0 Å². The second kappa shape index (κ2) is 15.3. The van der Waals surface area contributed by atoms with Gasteiger partial charge in [0.25, 0.3) is 0 Å². The third kappa shape index (κ3) is 6.46. The van der Waals surface area contributed by atoms with Crippen molar-refractivity contribution in [2.24, 2.45) is 0 Å². The fourth-order valence-corrected chi connectivity index (χ4v) is 9.26. The lowest BCUT2D eigenvalue weighted by Crippen LogP contribution is -2.28. The Balaban J connectivity index is 0.955. The van der Waals surface area contributed by atoms with Crippen LogP contribution in [0.3, 0.4) is 0 Å². The van der Waals surface area contributed by atoms with Crippen LogP contribution in [0.1, 0.15) is 22.3 Å². The van der Waals surface area contributed by atoms with Crippen LogP contribution in [-0.2, 0) is 5.41 Å². The number of fused-ring (bicyclic) bond motifs is 3. The Morgan fingerprint density at radius 3 is 1.23 bits per heavy atom. The van der Waals surface area contributed by atoms with E-state index in [1.54, 1.807) is 0 Å². The zero-order valence-corrected chi connectivity index (χ0v) is 33.5. The molecule has 10 aromatic rings. The van der Waals surface area contributed by atoms with E-state index in [2.05, 4.69) is 218 Å². The Hall–Kier alpha value is -7.94. The number of hydrogen-bond acceptors (Lipinski definition) is 2. The Labute approximate surface area is 357 Å². The van der Waals surface area contributed by atoms with E-state index in [1.165, 1.54) is 55.6 Å². The zero-order chi connectivity index (χ0) is 40.6. The lowest BCUT2D eigenvalue weighted by atomic mass is 9.67. The summed E-state index contributed by atoms with van der Waals surface area (Å²) in [7, 11) is 0. The molecule has 1 aliphatic carbocycles. The summed E-state index contributed by atoms with van der Waals surface area (Å²) in [6.07, 6.45) is 0. The topological polar surface area (TPSA) is 25.8 Å². The molecule has 0 radical (unpaired) electrons. The van der Waals surface area contributed by atoms with E-state index in [0.29, 0.717) is 5.82 Å². The van der Waals surface area contributed by atoms with Gasteiger partial charge < -0.3 is 0 Å². The van der Waals surface area contributed by atoms with E-state index >= 15 is 0 Å². The molecule has 0 spiro atoms. The molecule has 0 fully saturated rings. The highest BCUT2D eigenvalue weighted by Crippen LogP contribution is 2.56. The van der Waals surface area contributed by atoms with Gasteiger partial charge in [0.15, 0.2) is 5.82 Å². The van der Waals surface area contributed by atoms with Crippen molar-refractivity contribution in [2.45, 2.75) is 5.41 Å². The summed E-state index contributed by atoms with van der Waals surface area (Å²) in [6, 6.07) is 87.1. The number of aromatic nitrogens is 2. The second-order valence-electron chi connectivity index (χ2n) is 15.7. The molecule has 2 nitrogen and oxygen atoms in total. The maximum atomic E-state index is 5.11. The van der Waals surface area contributed by atoms with Gasteiger partial charge in [0.05, 0.1) is 16.8 Å². The summed E-state index contributed by atoms with van der Waals surface area (Å²) in [5, 5.41) is 0. The van der Waals surface area contributed by atoms with Crippen LogP contribution in [0, 0.1) is 0 Å². The van der Waals surface area contributed by atoms with Crippen molar-refractivity contribution >= 4 is 0 Å². The van der Waals surface area contributed by atoms with Gasteiger partial charge in [0, 0.05) is 16.7 Å². The first-order valence-corrected chi connectivity index (χ1v) is 20.9. The number of benzene rings is 9. The Morgan fingerprint density at radius 1 is 0.246 bits per heavy atom. The molecule has 286 valence electrons. The predicted molar refractivity (Wildman–Crippen MR) is 252 cm³/mol. The lowest BCUT2D eigenvalue weighted by Gasteiger charge is -2.34. The first-order valence-electron chi connectivity index (χ1n) is 20.9. The molecule has 0 unspecified atom stereocenters. The van der Waals surface area contributed by atoms with Crippen LogP contribution in [0.15, 0.2) is 243 Å². The first-order chi connectivity index (χ1) is 30.2. The molecule has 0 bridgehead atoms. The van der Waals surface area contributed by atoms with Gasteiger partial charge in [-0.2, -0.15) is 0 Å². The standard InChI is InChI=1S/C59H40N2/c1-5-16-41(17-6-1)42-28-32-44(33-29-42)56-40-57(61-58(60-56)46-18-7-2-8-19-46)45-34-30-43(31-35-45)47-20-15-21-48(38-47)49-36-37-53-52-26-13-14-27-54(52)59(55(53)39-49,50-22-9-3-10-23-50)51-24-11-4-12-25-51/h1-40H. The second-order valence-corrected chi connectivity index (χ2v) is 15.7. The van der Waals surface area contributed by atoms with E-state index in [4.69, 9.17) is 9.97 Å². The van der Waals surface area contributed by atoms with Gasteiger partial charge in [-0.25, -0.2) is 9.97 Å². The minimum absolute atomic E-state index is 0.440. The van der Waals surface area contributed by atoms with Gasteiger partial charge in [0.2, 0.25) is 0 Å². The lowest BCUT2D eigenvalue weighted by molar-refractivity contribution is 0.769. The summed E-state index contributed by atoms with van der Waals surface area (Å²) in [6.45, 7) is 0. The van der Waals surface area contributed by atoms with Crippen LogP contribution in [0.2, 0.25) is 0 Å². The van der Waals surface area contributed by atoms with Gasteiger partial charge in [-0.3, -0.25) is 0 Å². The average Bonchev–Trinajstić information content (AvgIpc) is 3.65. The van der Waals surface area contributed by atoms with Crippen LogP contribution >= 0.6 is 0 Å². The normalized spacial score (nSPS) is 12.4. The van der Waals surface area contributed by atoms with E-state index < -0.39 is 5.41 Å². The van der Waals surface area contributed by atoms with E-state index in [1.807, 2.05) is 24.3 Å². The molecule has 9 aromatic carbocycles. The van der Waals surface area contributed by atoms with Gasteiger partial charge in [-0.05, 0) is 85.0 Å². The van der Waals surface area contributed by atoms with Crippen molar-refractivity contribution in [1.82, 2.24) is 9.97 Å². The first kappa shape index (κ1) is 36.2. The van der Waals surface area contributed by atoms with E-state index in [9.17, 15) is 0 Å². The fraction of sp³-hybridized carbons (Fsp3) is 0.0169. The van der Waals surface area contributed by atoms with Gasteiger partial charge in [-0.1, -0.05) is 224 Å². The van der Waals surface area contributed by atoms with Crippen molar-refractivity contribution in [3.8, 4) is 78.4 Å². The molecule has 0 N–H and O–H groups in total. The quantitative estimate of drug-likeness (QED) is 0.154. The molecule has 11 rings (SSSR count). The monoisotopic (exact) mass is 776 g/mol. The maximum Gasteiger partial charge on any atom is 0.160 e. The third-order valence-electron chi connectivity index (χ3n) is 12.2. The van der Waals surface area contributed by atoms with Crippen molar-refractivity contribution in [1.29, 1.82) is 0 Å². The third-order valence-corrected chi connectivity index (χ3v) is 12.2. The smallest absolute Gasteiger partial charge is 0.160 e. The van der Waals surface area contributed by atoms with E-state index in [-0.39, 0.29) is 0 Å². The minimum atomic E-state index is -0.440. The molecule has 1 aromatic heterocycles. The largest absolute Gasteiger partial charge is 0.228 e. The van der Waals surface area contributed by atoms with Crippen molar-refractivity contribution in [3.05, 3.63) is 265 Å². The summed E-state index contributed by atoms with van der Waals surface area (Å²) in [4.78, 5) is 10.2. The summed E-state index contributed by atoms with van der Waals surface area (Å²) in [5.41, 5.74) is 19.2. The maximum absolute atomic E-state index is 5.11. The molecule has 1 heterocycles. The van der Waals surface area contributed by atoms with Gasteiger partial charge in [0.1, 0.15) is 0 Å². The Kier molecular flexibility index (Phi) is 9.09. The number of hydrogen-bond donors (Lipinski definition) is 0. The summed E-state index contributed by atoms with van der Waals surface area (Å²) >= 11 is 0. The predicted octanol–water partition coefficient (Wildman–Crippen LogP) is 14.8. The Bertz CT molecular complexity index is 3100. The molecular weight excluding hydrogens is 737 g/mol. The molecule has 0 saturated carbocycles. The van der Waals surface area contributed by atoms with Crippen molar-refractivity contribution < 1.29 is 0 Å². The number of rotatable bonds is 8. The molecule has 0 saturated heterocycles. The highest BCUT2D eigenvalue weighted by molar-refractivity contribution is 5.89. The van der Waals surface area contributed by atoms with Crippen LogP contribution < -0.4 is 0 Å². The van der Waals surface area contributed by atoms with Crippen molar-refractivity contribution in [2.75, 3.05) is 0 Å². The molecular formula is C59H40N2. The van der Waals surface area contributed by atoms with Crippen LogP contribution in [0.5, 0.6) is 0 Å². The molecule has 0 aliphatic heterocycles. The van der Waals surface area contributed by atoms with E-state index in [0.717, 1.165) is 39.2 Å². The van der Waals surface area contributed by atoms with Crippen LogP contribution in [0.25, 0.3) is 78.4 Å². The molecule has 0 atom stereocenters. The molecule has 0 amide bonds. The van der Waals surface area contributed by atoms with Crippen LogP contribution in [-0.4, -0.2) is 9.97 Å². The fourth-order valence-electron chi connectivity index (χ4n) is 9.26. The molecule has 61 heavy (non-hydrogen) atoms. The summed E-state index contributed by atoms with van der Waals surface area (Å²) < 4.78 is 0. The number of nitrogens with zero attached hydrogens (tertiary/aromatic N) is 2.